The average Bonchev–Trinajstić information content (AvgIpc) is 2.90. The van der Waals surface area contributed by atoms with E-state index in [2.05, 4.69) is 31.9 Å². The highest BCUT2D eigenvalue weighted by molar-refractivity contribution is 5.97. The van der Waals surface area contributed by atoms with E-state index in [1.807, 2.05) is 0 Å². The Kier molecular flexibility index (Phi) is 16.4. The Morgan fingerprint density at radius 3 is 1.71 bits per heavy atom. The third-order valence-corrected chi connectivity index (χ3v) is 5.32. The second-order valence-corrected chi connectivity index (χ2v) is 9.00. The molecule has 42 heavy (non-hydrogen) atoms. The Balaban J connectivity index is 4.95. The number of aliphatic hydroxyl groups is 1. The smallest absolute Gasteiger partial charge is 0.245 e. The predicted molar refractivity (Wildman–Crippen MR) is 142 cm³/mol. The summed E-state index contributed by atoms with van der Waals surface area (Å²) in [5.41, 5.74) is 20.7. The van der Waals surface area contributed by atoms with Crippen molar-refractivity contribution in [3.63, 3.8) is 0 Å². The van der Waals surface area contributed by atoms with Crippen molar-refractivity contribution < 1.29 is 48.3 Å². The van der Waals surface area contributed by atoms with E-state index in [4.69, 9.17) is 22.9 Å². The van der Waals surface area contributed by atoms with Crippen LogP contribution >= 0.6 is 0 Å². The Morgan fingerprint density at radius 2 is 1.19 bits per heavy atom. The molecule has 0 bridgehead atoms. The zero-order chi connectivity index (χ0) is 32.6. The summed E-state index contributed by atoms with van der Waals surface area (Å²) in [6, 6.07) is -6.64. The van der Waals surface area contributed by atoms with Crippen LogP contribution in [0.15, 0.2) is 0 Å². The highest BCUT2D eigenvalue weighted by Gasteiger charge is 2.30. The van der Waals surface area contributed by atoms with E-state index in [9.17, 15) is 48.3 Å². The number of hydrogen-bond acceptors (Lipinski definition) is 11. The number of nitrogens with one attached hydrogen (secondary N) is 6. The molecule has 5 atom stereocenters. The minimum Gasteiger partial charge on any atom is -0.394 e. The fourth-order valence-corrected chi connectivity index (χ4v) is 2.88. The molecule has 0 aliphatic carbocycles. The van der Waals surface area contributed by atoms with E-state index in [-0.39, 0.29) is 12.8 Å². The van der Waals surface area contributed by atoms with E-state index in [0.717, 1.165) is 0 Å². The zero-order valence-corrected chi connectivity index (χ0v) is 23.1. The van der Waals surface area contributed by atoms with Gasteiger partial charge in [0.05, 0.1) is 32.2 Å². The van der Waals surface area contributed by atoms with Gasteiger partial charge in [0, 0.05) is 6.42 Å². The van der Waals surface area contributed by atoms with Gasteiger partial charge in [0.2, 0.25) is 53.2 Å². The highest BCUT2D eigenvalue weighted by Crippen LogP contribution is 1.97. The van der Waals surface area contributed by atoms with E-state index in [0.29, 0.717) is 0 Å². The summed E-state index contributed by atoms with van der Waals surface area (Å²) >= 11 is 0. The number of aliphatic hydroxyl groups excluding tert-OH is 1. The van der Waals surface area contributed by atoms with E-state index in [1.54, 1.807) is 0 Å². The number of amides is 9. The van der Waals surface area contributed by atoms with Crippen LogP contribution in [0.2, 0.25) is 0 Å². The van der Waals surface area contributed by atoms with Crippen LogP contribution in [0.3, 0.4) is 0 Å². The van der Waals surface area contributed by atoms with Gasteiger partial charge in [0.15, 0.2) is 0 Å². The maximum Gasteiger partial charge on any atom is 0.245 e. The Labute approximate surface area is 239 Å². The normalized spacial score (nSPS) is 14.0. The molecule has 0 aromatic carbocycles. The Bertz CT molecular complexity index is 1050. The molecule has 0 rings (SSSR count). The summed E-state index contributed by atoms with van der Waals surface area (Å²) in [4.78, 5) is 107. The maximum absolute atomic E-state index is 12.6. The van der Waals surface area contributed by atoms with Gasteiger partial charge in [-0.15, -0.1) is 0 Å². The largest absolute Gasteiger partial charge is 0.394 e. The lowest BCUT2D eigenvalue weighted by molar-refractivity contribution is -0.135. The topological polar surface area (TPSA) is 350 Å². The molecule has 0 aliphatic heterocycles. The quantitative estimate of drug-likeness (QED) is 0.0659. The van der Waals surface area contributed by atoms with Crippen molar-refractivity contribution in [3.05, 3.63) is 0 Å². The fraction of sp³-hybridized carbons (Fsp3) is 0.591. The van der Waals surface area contributed by atoms with Crippen molar-refractivity contribution in [2.24, 2.45) is 22.9 Å². The van der Waals surface area contributed by atoms with Crippen molar-refractivity contribution in [2.75, 3.05) is 19.7 Å². The summed E-state index contributed by atoms with van der Waals surface area (Å²) in [5.74, 6) is -7.94. The van der Waals surface area contributed by atoms with Crippen molar-refractivity contribution in [1.82, 2.24) is 31.9 Å². The standard InChI is InChI=1S/C22H38N10O10/c1-9(18(26)38)29-19(39)10(2)30-21(41)12(5-15(25)35)32-22(42)13(8-33)31-17(37)7-27-16(36)6-28-20(40)11(23)3-4-14(24)34/h9-13,33H,3-8,23H2,1-2H3,(H2,24,34)(H2,25,35)(H2,26,38)(H,27,36)(H,28,40)(H,29,39)(H,30,41)(H,31,37)(H,32,42)/t9-,10-,11-,12-,13-/m0/s1. The third kappa shape index (κ3) is 15.1. The molecule has 0 heterocycles. The molecule has 0 saturated carbocycles. The zero-order valence-electron chi connectivity index (χ0n) is 23.1. The second-order valence-electron chi connectivity index (χ2n) is 9.00. The van der Waals surface area contributed by atoms with E-state index >= 15 is 0 Å². The summed E-state index contributed by atoms with van der Waals surface area (Å²) in [6.45, 7) is 0.346. The van der Waals surface area contributed by atoms with E-state index in [1.165, 1.54) is 13.8 Å². The van der Waals surface area contributed by atoms with Crippen LogP contribution in [0.25, 0.3) is 0 Å². The lowest BCUT2D eigenvalue weighted by atomic mass is 10.1. The molecule has 9 amide bonds. The molecule has 0 aliphatic rings. The SMILES string of the molecule is C[C@H](NC(=O)[C@H](C)NC(=O)[C@H](CC(N)=O)NC(=O)[C@H](CO)NC(=O)CNC(=O)CNC(=O)[C@@H](N)CCC(N)=O)C(N)=O. The summed E-state index contributed by atoms with van der Waals surface area (Å²) in [7, 11) is 0. The van der Waals surface area contributed by atoms with Gasteiger partial charge >= 0.3 is 0 Å². The lowest BCUT2D eigenvalue weighted by Crippen LogP contribution is -2.58. The van der Waals surface area contributed by atoms with Crippen LogP contribution in [-0.4, -0.2) is 108 Å². The highest BCUT2D eigenvalue weighted by atomic mass is 16.3. The van der Waals surface area contributed by atoms with Gasteiger partial charge in [0.25, 0.3) is 0 Å². The summed E-state index contributed by atoms with van der Waals surface area (Å²) in [5, 5.41) is 22.6. The van der Waals surface area contributed by atoms with Crippen molar-refractivity contribution in [3.8, 4) is 0 Å². The average molecular weight is 603 g/mol. The van der Waals surface area contributed by atoms with Gasteiger partial charge in [-0.2, -0.15) is 0 Å². The fourth-order valence-electron chi connectivity index (χ4n) is 2.88. The van der Waals surface area contributed by atoms with Crippen LogP contribution in [0.5, 0.6) is 0 Å². The monoisotopic (exact) mass is 602 g/mol. The Morgan fingerprint density at radius 1 is 0.643 bits per heavy atom. The van der Waals surface area contributed by atoms with E-state index < -0.39 is 109 Å². The first kappa shape index (κ1) is 37.1. The molecule has 0 aromatic heterocycles. The molecule has 15 N–H and O–H groups in total. The first-order valence-corrected chi connectivity index (χ1v) is 12.5. The van der Waals surface area contributed by atoms with Crippen molar-refractivity contribution in [2.45, 2.75) is 63.3 Å². The first-order valence-electron chi connectivity index (χ1n) is 12.5. The maximum atomic E-state index is 12.6. The number of nitrogens with two attached hydrogens (primary N) is 4. The van der Waals surface area contributed by atoms with Crippen molar-refractivity contribution >= 4 is 53.2 Å². The molecule has 0 spiro atoms. The van der Waals surface area contributed by atoms with Gasteiger partial charge in [-0.1, -0.05) is 0 Å². The molecular formula is C22H38N10O10. The molecule has 20 heteroatoms. The minimum atomic E-state index is -1.64. The van der Waals surface area contributed by atoms with Crippen LogP contribution in [0.4, 0.5) is 0 Å². The van der Waals surface area contributed by atoms with Crippen LogP contribution in [-0.2, 0) is 43.2 Å². The third-order valence-electron chi connectivity index (χ3n) is 5.32. The van der Waals surface area contributed by atoms with Crippen LogP contribution in [0, 0.1) is 0 Å². The summed E-state index contributed by atoms with van der Waals surface area (Å²) < 4.78 is 0. The molecule has 20 nitrogen and oxygen atoms in total. The molecule has 0 fully saturated rings. The molecule has 0 radical (unpaired) electrons. The van der Waals surface area contributed by atoms with Gasteiger partial charge in [-0.3, -0.25) is 43.2 Å². The molecule has 0 saturated heterocycles. The predicted octanol–water partition coefficient (Wildman–Crippen LogP) is -7.86. The number of primary amides is 3. The Hall–Kier alpha value is -4.85. The molecule has 0 aromatic rings. The molecule has 0 unspecified atom stereocenters. The minimum absolute atomic E-state index is 0.0393. The lowest BCUT2D eigenvalue weighted by Gasteiger charge is -2.23. The second kappa shape index (κ2) is 18.5. The number of hydrogen-bond donors (Lipinski definition) is 11. The molecule has 236 valence electrons. The van der Waals surface area contributed by atoms with Crippen molar-refractivity contribution in [1.29, 1.82) is 0 Å². The number of carbonyl (C=O) groups is 9. The summed E-state index contributed by atoms with van der Waals surface area (Å²) in [6.07, 6.45) is -0.894. The number of rotatable bonds is 19. The molecular weight excluding hydrogens is 564 g/mol. The van der Waals surface area contributed by atoms with Crippen LogP contribution < -0.4 is 54.8 Å². The van der Waals surface area contributed by atoms with Gasteiger partial charge in [0.1, 0.15) is 24.2 Å². The van der Waals surface area contributed by atoms with Crippen LogP contribution in [0.1, 0.15) is 33.1 Å². The number of carbonyl (C=O) groups excluding carboxylic acids is 9. The van der Waals surface area contributed by atoms with Gasteiger partial charge in [-0.25, -0.2) is 0 Å². The van der Waals surface area contributed by atoms with Gasteiger partial charge < -0.3 is 59.9 Å². The van der Waals surface area contributed by atoms with Gasteiger partial charge in [-0.05, 0) is 20.3 Å². The first-order chi connectivity index (χ1) is 19.5.